The van der Waals surface area contributed by atoms with Crippen LogP contribution in [0.3, 0.4) is 0 Å². The number of anilines is 1. The van der Waals surface area contributed by atoms with Gasteiger partial charge in [-0.2, -0.15) is 4.98 Å². The van der Waals surface area contributed by atoms with E-state index in [4.69, 9.17) is 9.47 Å². The van der Waals surface area contributed by atoms with Crippen molar-refractivity contribution in [1.29, 1.82) is 0 Å². The van der Waals surface area contributed by atoms with E-state index < -0.39 is 36.3 Å². The molecule has 0 bridgehead atoms. The van der Waals surface area contributed by atoms with Gasteiger partial charge in [0.25, 0.3) is 0 Å². The summed E-state index contributed by atoms with van der Waals surface area (Å²) in [6.45, 7) is 5.59. The molecule has 1 saturated carbocycles. The summed E-state index contributed by atoms with van der Waals surface area (Å²) in [4.78, 5) is 28.2. The van der Waals surface area contributed by atoms with Gasteiger partial charge in [0.05, 0.1) is 12.7 Å². The number of carbonyl (C=O) groups excluding carboxylic acids is 1. The fourth-order valence-corrected chi connectivity index (χ4v) is 3.48. The van der Waals surface area contributed by atoms with Gasteiger partial charge in [-0.3, -0.25) is 9.88 Å². The number of hydrogen-bond acceptors (Lipinski definition) is 7. The fraction of sp³-hybridized carbons (Fsp3) is 0.611. The molecule has 4 atom stereocenters. The van der Waals surface area contributed by atoms with Gasteiger partial charge in [-0.15, -0.1) is 0 Å². The number of aliphatic hydroxyl groups is 2. The molecule has 1 aliphatic carbocycles. The molecule has 2 fully saturated rings. The third-order valence-corrected chi connectivity index (χ3v) is 5.10. The highest BCUT2D eigenvalue weighted by Gasteiger charge is 2.42. The Balaban J connectivity index is 1.73. The minimum atomic E-state index is -1.27. The van der Waals surface area contributed by atoms with Crippen LogP contribution in [0, 0.1) is 5.92 Å². The Labute approximate surface area is 156 Å². The highest BCUT2D eigenvalue weighted by molar-refractivity contribution is 5.85. The van der Waals surface area contributed by atoms with E-state index in [9.17, 15) is 19.8 Å². The van der Waals surface area contributed by atoms with Crippen molar-refractivity contribution in [2.45, 2.75) is 57.1 Å². The summed E-state index contributed by atoms with van der Waals surface area (Å²) in [5.74, 6) is 0.397. The highest BCUT2D eigenvalue weighted by Crippen LogP contribution is 2.29. The van der Waals surface area contributed by atoms with Crippen molar-refractivity contribution >= 4 is 18.0 Å². The van der Waals surface area contributed by atoms with Gasteiger partial charge in [0, 0.05) is 11.8 Å². The van der Waals surface area contributed by atoms with Crippen molar-refractivity contribution in [3.8, 4) is 0 Å². The molecule has 1 saturated heterocycles. The summed E-state index contributed by atoms with van der Waals surface area (Å²) in [5, 5.41) is 22.4. The maximum atomic E-state index is 12.4. The molecule has 0 unspecified atom stereocenters. The predicted octanol–water partition coefficient (Wildman–Crippen LogP) is 1.26. The van der Waals surface area contributed by atoms with Crippen LogP contribution in [0.5, 0.6) is 0 Å². The van der Waals surface area contributed by atoms with E-state index in [1.54, 1.807) is 6.92 Å². The van der Waals surface area contributed by atoms with Gasteiger partial charge in [-0.1, -0.05) is 25.5 Å². The molecule has 148 valence electrons. The summed E-state index contributed by atoms with van der Waals surface area (Å²) in [5.41, 5.74) is -0.380. The van der Waals surface area contributed by atoms with Crippen molar-refractivity contribution in [2.75, 3.05) is 11.9 Å². The molecule has 3 rings (SSSR count). The van der Waals surface area contributed by atoms with Crippen molar-refractivity contribution in [3.05, 3.63) is 28.8 Å². The van der Waals surface area contributed by atoms with E-state index in [2.05, 4.69) is 16.9 Å². The Morgan fingerprint density at radius 2 is 2.15 bits per heavy atom. The lowest BCUT2D eigenvalue weighted by molar-refractivity contribution is -0.0350. The first-order valence-corrected chi connectivity index (χ1v) is 9.11. The van der Waals surface area contributed by atoms with Crippen LogP contribution in [-0.4, -0.2) is 50.8 Å². The second-order valence-electron chi connectivity index (χ2n) is 7.03. The molecule has 2 heterocycles. The number of nitrogens with one attached hydrogen (secondary N) is 1. The number of rotatable bonds is 5. The van der Waals surface area contributed by atoms with Gasteiger partial charge in [0.2, 0.25) is 0 Å². The normalized spacial score (nSPS) is 28.3. The van der Waals surface area contributed by atoms with Gasteiger partial charge in [0.1, 0.15) is 18.0 Å². The second-order valence-corrected chi connectivity index (χ2v) is 7.03. The third kappa shape index (κ3) is 4.20. The lowest BCUT2D eigenvalue weighted by atomic mass is 10.1. The van der Waals surface area contributed by atoms with Crippen LogP contribution in [-0.2, 0) is 9.47 Å². The van der Waals surface area contributed by atoms with Gasteiger partial charge < -0.3 is 19.7 Å². The fourth-order valence-electron chi connectivity index (χ4n) is 3.48. The van der Waals surface area contributed by atoms with E-state index in [1.165, 1.54) is 12.3 Å². The van der Waals surface area contributed by atoms with E-state index in [1.807, 2.05) is 0 Å². The van der Waals surface area contributed by atoms with Crippen molar-refractivity contribution in [3.63, 3.8) is 0 Å². The summed E-state index contributed by atoms with van der Waals surface area (Å²) in [7, 11) is 0. The Morgan fingerprint density at radius 1 is 1.44 bits per heavy atom. The van der Waals surface area contributed by atoms with E-state index in [0.29, 0.717) is 18.1 Å². The van der Waals surface area contributed by atoms with Crippen LogP contribution in [0.2, 0.25) is 0 Å². The third-order valence-electron chi connectivity index (χ3n) is 5.10. The van der Waals surface area contributed by atoms with Crippen molar-refractivity contribution in [2.24, 2.45) is 5.92 Å². The van der Waals surface area contributed by atoms with Gasteiger partial charge >= 0.3 is 11.8 Å². The molecule has 1 aromatic rings. The van der Waals surface area contributed by atoms with E-state index in [0.717, 1.165) is 30.3 Å². The summed E-state index contributed by atoms with van der Waals surface area (Å²) < 4.78 is 11.7. The zero-order chi connectivity index (χ0) is 19.6. The van der Waals surface area contributed by atoms with Crippen LogP contribution >= 0.6 is 0 Å². The average molecular weight is 379 g/mol. The molecule has 0 radical (unpaired) electrons. The van der Waals surface area contributed by atoms with Gasteiger partial charge in [0.15, 0.2) is 6.23 Å². The van der Waals surface area contributed by atoms with Gasteiger partial charge in [-0.25, -0.2) is 9.59 Å². The average Bonchev–Trinajstić information content (AvgIpc) is 3.25. The Bertz CT molecular complexity index is 758. The Morgan fingerprint density at radius 3 is 2.74 bits per heavy atom. The zero-order valence-corrected chi connectivity index (χ0v) is 15.2. The zero-order valence-electron chi connectivity index (χ0n) is 15.2. The number of aromatic nitrogens is 2. The lowest BCUT2D eigenvalue weighted by Gasteiger charge is -2.19. The SMILES string of the molecule is C=Cc1cn([C@@H]2O[C@H](C)[C@@H](O)[C@H]2O)c(=O)nc1NC(=O)OCC1CCCC1. The van der Waals surface area contributed by atoms with Crippen LogP contribution in [0.1, 0.15) is 44.4 Å². The molecule has 9 nitrogen and oxygen atoms in total. The first-order chi connectivity index (χ1) is 12.9. The van der Waals surface area contributed by atoms with Crippen LogP contribution in [0.15, 0.2) is 17.6 Å². The number of hydrogen-bond donors (Lipinski definition) is 3. The molecule has 1 aromatic heterocycles. The number of amides is 1. The summed E-state index contributed by atoms with van der Waals surface area (Å²) in [6, 6.07) is 0. The monoisotopic (exact) mass is 379 g/mol. The standard InChI is InChI=1S/C18H25N3O6/c1-3-12-8-21(16-14(23)13(22)10(2)27-16)17(24)19-15(12)20-18(25)26-9-11-6-4-5-7-11/h3,8,10-11,13-14,16,22-23H,1,4-7,9H2,2H3,(H,19,20,24,25)/t10-,13-,14-,16-/m1/s1. The molecule has 9 heteroatoms. The molecule has 0 spiro atoms. The minimum Gasteiger partial charge on any atom is -0.449 e. The quantitative estimate of drug-likeness (QED) is 0.704. The second kappa shape index (κ2) is 8.20. The molecular formula is C18H25N3O6. The molecular weight excluding hydrogens is 354 g/mol. The summed E-state index contributed by atoms with van der Waals surface area (Å²) >= 11 is 0. The first-order valence-electron chi connectivity index (χ1n) is 9.11. The molecule has 3 N–H and O–H groups in total. The number of nitrogens with zero attached hydrogens (tertiary/aromatic N) is 2. The van der Waals surface area contributed by atoms with E-state index >= 15 is 0 Å². The summed E-state index contributed by atoms with van der Waals surface area (Å²) in [6.07, 6.45) is 2.41. The smallest absolute Gasteiger partial charge is 0.412 e. The maximum Gasteiger partial charge on any atom is 0.412 e. The van der Waals surface area contributed by atoms with Crippen LogP contribution < -0.4 is 11.0 Å². The predicted molar refractivity (Wildman–Crippen MR) is 97.1 cm³/mol. The number of carbonyl (C=O) groups is 1. The Hall–Kier alpha value is -2.23. The van der Waals surface area contributed by atoms with Crippen molar-refractivity contribution in [1.82, 2.24) is 9.55 Å². The number of aliphatic hydroxyl groups excluding tert-OH is 2. The lowest BCUT2D eigenvalue weighted by Crippen LogP contribution is -2.36. The minimum absolute atomic E-state index is 0.0174. The highest BCUT2D eigenvalue weighted by atomic mass is 16.6. The molecule has 1 amide bonds. The molecule has 0 aromatic carbocycles. The van der Waals surface area contributed by atoms with Gasteiger partial charge in [-0.05, 0) is 25.7 Å². The van der Waals surface area contributed by atoms with Crippen molar-refractivity contribution < 1.29 is 24.5 Å². The van der Waals surface area contributed by atoms with E-state index in [-0.39, 0.29) is 5.82 Å². The Kier molecular flexibility index (Phi) is 5.93. The molecule has 1 aliphatic heterocycles. The largest absolute Gasteiger partial charge is 0.449 e. The van der Waals surface area contributed by atoms with Crippen LogP contribution in [0.4, 0.5) is 10.6 Å². The first kappa shape index (κ1) is 19.5. The number of ether oxygens (including phenoxy) is 2. The maximum absolute atomic E-state index is 12.4. The molecule has 27 heavy (non-hydrogen) atoms. The molecule has 2 aliphatic rings. The van der Waals surface area contributed by atoms with Crippen LogP contribution in [0.25, 0.3) is 6.08 Å². The topological polar surface area (TPSA) is 123 Å².